The third-order valence-corrected chi connectivity index (χ3v) is 4.53. The molecule has 0 spiro atoms. The molecule has 2 atom stereocenters. The van der Waals surface area contributed by atoms with Crippen molar-refractivity contribution < 1.29 is 0 Å². The molecule has 0 saturated carbocycles. The molecule has 18 heavy (non-hydrogen) atoms. The fourth-order valence-electron chi connectivity index (χ4n) is 3.56. The van der Waals surface area contributed by atoms with Gasteiger partial charge in [-0.25, -0.2) is 4.98 Å². The molecular formula is C14H24N4. The molecule has 1 aromatic heterocycles. The molecule has 1 N–H and O–H groups in total. The van der Waals surface area contributed by atoms with Crippen LogP contribution in [-0.2, 0) is 6.54 Å². The van der Waals surface area contributed by atoms with Crippen LogP contribution in [0.25, 0.3) is 0 Å². The lowest BCUT2D eigenvalue weighted by Gasteiger charge is -2.36. The number of hydrogen-bond donors (Lipinski definition) is 1. The summed E-state index contributed by atoms with van der Waals surface area (Å²) >= 11 is 0. The van der Waals surface area contributed by atoms with Gasteiger partial charge in [-0.05, 0) is 39.5 Å². The normalized spacial score (nSPS) is 30.7. The van der Waals surface area contributed by atoms with Gasteiger partial charge in [-0.3, -0.25) is 0 Å². The standard InChI is InChI=1S/C14H24N4/c1-4-18-9-10(2)15-14(18)17(3)13-7-11-5-6-12(8-13)16-11/h9,11-13,16H,4-8H2,1-3H3. The zero-order valence-corrected chi connectivity index (χ0v) is 11.7. The van der Waals surface area contributed by atoms with E-state index in [0.717, 1.165) is 30.3 Å². The number of hydrogen-bond acceptors (Lipinski definition) is 3. The molecule has 2 unspecified atom stereocenters. The van der Waals surface area contributed by atoms with Crippen LogP contribution in [0.4, 0.5) is 5.95 Å². The van der Waals surface area contributed by atoms with E-state index in [1.54, 1.807) is 0 Å². The van der Waals surface area contributed by atoms with Gasteiger partial charge in [-0.2, -0.15) is 0 Å². The number of aromatic nitrogens is 2. The molecule has 4 nitrogen and oxygen atoms in total. The molecule has 0 aromatic carbocycles. The van der Waals surface area contributed by atoms with Gasteiger partial charge in [0.25, 0.3) is 0 Å². The van der Waals surface area contributed by atoms with Gasteiger partial charge in [0.1, 0.15) is 0 Å². The Hall–Kier alpha value is -1.03. The van der Waals surface area contributed by atoms with Gasteiger partial charge in [0.15, 0.2) is 0 Å². The van der Waals surface area contributed by atoms with Gasteiger partial charge in [0, 0.05) is 37.9 Å². The van der Waals surface area contributed by atoms with Crippen LogP contribution in [0.3, 0.4) is 0 Å². The van der Waals surface area contributed by atoms with Crippen LogP contribution in [-0.4, -0.2) is 34.7 Å². The number of anilines is 1. The zero-order chi connectivity index (χ0) is 12.7. The van der Waals surface area contributed by atoms with E-state index in [2.05, 4.69) is 41.9 Å². The Kier molecular flexibility index (Phi) is 3.06. The summed E-state index contributed by atoms with van der Waals surface area (Å²) in [6, 6.07) is 2.13. The zero-order valence-electron chi connectivity index (χ0n) is 11.7. The SMILES string of the molecule is CCn1cc(C)nc1N(C)C1CC2CCC(C1)N2. The number of nitrogens with zero attached hydrogens (tertiary/aromatic N) is 3. The molecule has 2 saturated heterocycles. The van der Waals surface area contributed by atoms with Gasteiger partial charge < -0.3 is 14.8 Å². The number of piperidine rings is 1. The summed E-state index contributed by atoms with van der Waals surface area (Å²) in [4.78, 5) is 7.10. The summed E-state index contributed by atoms with van der Waals surface area (Å²) in [5, 5.41) is 3.71. The van der Waals surface area contributed by atoms with Gasteiger partial charge >= 0.3 is 0 Å². The van der Waals surface area contributed by atoms with E-state index in [-0.39, 0.29) is 0 Å². The summed E-state index contributed by atoms with van der Waals surface area (Å²) in [6.45, 7) is 5.26. The quantitative estimate of drug-likeness (QED) is 0.887. The Morgan fingerprint density at radius 2 is 2.06 bits per heavy atom. The summed E-state index contributed by atoms with van der Waals surface area (Å²) in [7, 11) is 2.21. The number of aryl methyl sites for hydroxylation is 2. The summed E-state index contributed by atoms with van der Waals surface area (Å²) in [5.74, 6) is 1.14. The molecule has 2 aliphatic heterocycles. The Balaban J connectivity index is 1.79. The van der Waals surface area contributed by atoms with E-state index in [1.165, 1.54) is 25.7 Å². The third-order valence-electron chi connectivity index (χ3n) is 4.53. The Bertz CT molecular complexity index is 413. The first-order valence-corrected chi connectivity index (χ1v) is 7.20. The topological polar surface area (TPSA) is 33.1 Å². The van der Waals surface area contributed by atoms with Crippen LogP contribution >= 0.6 is 0 Å². The van der Waals surface area contributed by atoms with Crippen molar-refractivity contribution in [3.8, 4) is 0 Å². The maximum Gasteiger partial charge on any atom is 0.205 e. The smallest absolute Gasteiger partial charge is 0.205 e. The minimum Gasteiger partial charge on any atom is -0.342 e. The largest absolute Gasteiger partial charge is 0.342 e. The fourth-order valence-corrected chi connectivity index (χ4v) is 3.56. The van der Waals surface area contributed by atoms with Crippen molar-refractivity contribution in [1.29, 1.82) is 0 Å². The number of rotatable bonds is 3. The second-order valence-corrected chi connectivity index (χ2v) is 5.84. The highest BCUT2D eigenvalue weighted by Crippen LogP contribution is 2.31. The minimum atomic E-state index is 0.649. The highest BCUT2D eigenvalue weighted by molar-refractivity contribution is 5.34. The van der Waals surface area contributed by atoms with Crippen LogP contribution in [0.2, 0.25) is 0 Å². The first-order chi connectivity index (χ1) is 8.67. The van der Waals surface area contributed by atoms with E-state index >= 15 is 0 Å². The van der Waals surface area contributed by atoms with E-state index in [1.807, 2.05) is 0 Å². The molecule has 2 aliphatic rings. The molecule has 100 valence electrons. The van der Waals surface area contributed by atoms with E-state index in [4.69, 9.17) is 4.98 Å². The molecule has 3 heterocycles. The summed E-state index contributed by atoms with van der Waals surface area (Å²) in [5.41, 5.74) is 1.12. The maximum atomic E-state index is 4.70. The maximum absolute atomic E-state index is 4.70. The van der Waals surface area contributed by atoms with E-state index in [9.17, 15) is 0 Å². The first kappa shape index (κ1) is 12.0. The average molecular weight is 248 g/mol. The van der Waals surface area contributed by atoms with Crippen molar-refractivity contribution in [1.82, 2.24) is 14.9 Å². The predicted octanol–water partition coefficient (Wildman–Crippen LogP) is 1.93. The third kappa shape index (κ3) is 2.03. The van der Waals surface area contributed by atoms with Crippen molar-refractivity contribution in [2.45, 2.75) is 64.2 Å². The summed E-state index contributed by atoms with van der Waals surface area (Å²) in [6.07, 6.45) is 7.40. The van der Waals surface area contributed by atoms with Crippen LogP contribution in [0.15, 0.2) is 6.20 Å². The molecule has 0 amide bonds. The Morgan fingerprint density at radius 1 is 1.39 bits per heavy atom. The summed E-state index contributed by atoms with van der Waals surface area (Å²) < 4.78 is 2.26. The Labute approximate surface area is 109 Å². The number of imidazole rings is 1. The van der Waals surface area contributed by atoms with Gasteiger partial charge in [0.2, 0.25) is 5.95 Å². The molecule has 1 aromatic rings. The number of fused-ring (bicyclic) bond motifs is 2. The minimum absolute atomic E-state index is 0.649. The highest BCUT2D eigenvalue weighted by Gasteiger charge is 2.35. The molecule has 0 aliphatic carbocycles. The van der Waals surface area contributed by atoms with Crippen LogP contribution in [0.5, 0.6) is 0 Å². The second-order valence-electron chi connectivity index (χ2n) is 5.84. The number of nitrogens with one attached hydrogen (secondary N) is 1. The molecule has 3 rings (SSSR count). The monoisotopic (exact) mass is 248 g/mol. The molecule has 2 fully saturated rings. The van der Waals surface area contributed by atoms with Crippen LogP contribution < -0.4 is 10.2 Å². The predicted molar refractivity (Wildman–Crippen MR) is 74.0 cm³/mol. The van der Waals surface area contributed by atoms with Crippen LogP contribution in [0, 0.1) is 6.92 Å². The average Bonchev–Trinajstić information content (AvgIpc) is 2.91. The lowest BCUT2D eigenvalue weighted by atomic mass is 9.99. The van der Waals surface area contributed by atoms with Crippen molar-refractivity contribution in [2.75, 3.05) is 11.9 Å². The van der Waals surface area contributed by atoms with Crippen molar-refractivity contribution in [3.05, 3.63) is 11.9 Å². The molecule has 4 heteroatoms. The van der Waals surface area contributed by atoms with Gasteiger partial charge in [0.05, 0.1) is 5.69 Å². The van der Waals surface area contributed by atoms with E-state index in [0.29, 0.717) is 6.04 Å². The fraction of sp³-hybridized carbons (Fsp3) is 0.786. The van der Waals surface area contributed by atoms with Crippen molar-refractivity contribution in [2.24, 2.45) is 0 Å². The second kappa shape index (κ2) is 4.57. The van der Waals surface area contributed by atoms with E-state index < -0.39 is 0 Å². The Morgan fingerprint density at radius 3 is 2.67 bits per heavy atom. The highest BCUT2D eigenvalue weighted by atomic mass is 15.3. The molecule has 0 radical (unpaired) electrons. The lowest BCUT2D eigenvalue weighted by molar-refractivity contribution is 0.351. The van der Waals surface area contributed by atoms with Gasteiger partial charge in [-0.15, -0.1) is 0 Å². The molecular weight excluding hydrogens is 224 g/mol. The lowest BCUT2D eigenvalue weighted by Crippen LogP contribution is -2.47. The van der Waals surface area contributed by atoms with Crippen LogP contribution in [0.1, 0.15) is 38.3 Å². The van der Waals surface area contributed by atoms with Crippen molar-refractivity contribution >= 4 is 5.95 Å². The first-order valence-electron chi connectivity index (χ1n) is 7.20. The van der Waals surface area contributed by atoms with Crippen molar-refractivity contribution in [3.63, 3.8) is 0 Å². The molecule has 2 bridgehead atoms. The van der Waals surface area contributed by atoms with Gasteiger partial charge in [-0.1, -0.05) is 0 Å².